The number of allylic oxidation sites excluding steroid dienone is 1. The van der Waals surface area contributed by atoms with Gasteiger partial charge in [-0.25, -0.2) is 4.98 Å². The zero-order valence-electron chi connectivity index (χ0n) is 6.40. The Balaban J connectivity index is 3.25. The molecular weight excluding hydrogens is 154 g/mol. The highest BCUT2D eigenvalue weighted by atomic mass is 16.1. The van der Waals surface area contributed by atoms with Gasteiger partial charge in [0.1, 0.15) is 11.6 Å². The summed E-state index contributed by atoms with van der Waals surface area (Å²) in [5.41, 5.74) is -0.272. The van der Waals surface area contributed by atoms with Crippen molar-refractivity contribution < 1.29 is 0 Å². The lowest BCUT2D eigenvalue weighted by Gasteiger charge is -1.98. The van der Waals surface area contributed by atoms with Crippen molar-refractivity contribution in [2.45, 2.75) is 6.54 Å². The Morgan fingerprint density at radius 2 is 2.58 bits per heavy atom. The average molecular weight is 161 g/mol. The lowest BCUT2D eigenvalue weighted by atomic mass is 10.4. The third-order valence-electron chi connectivity index (χ3n) is 1.35. The molecule has 1 rings (SSSR count). The van der Waals surface area contributed by atoms with Gasteiger partial charge in [0, 0.05) is 6.54 Å². The molecule has 0 saturated carbocycles. The minimum absolute atomic E-state index is 0.0550. The van der Waals surface area contributed by atoms with Crippen LogP contribution in [0.5, 0.6) is 0 Å². The molecule has 4 nitrogen and oxygen atoms in total. The van der Waals surface area contributed by atoms with Crippen LogP contribution in [-0.4, -0.2) is 9.55 Å². The molecule has 0 aliphatic carbocycles. The Bertz CT molecular complexity index is 386. The predicted octanol–water partition coefficient (Wildman–Crippen LogP) is 0.301. The highest BCUT2D eigenvalue weighted by molar-refractivity contribution is 5.21. The van der Waals surface area contributed by atoms with E-state index in [1.807, 2.05) is 0 Å². The third-order valence-corrected chi connectivity index (χ3v) is 1.35. The number of aromatic nitrogens is 2. The first-order valence-corrected chi connectivity index (χ1v) is 3.35. The molecule has 1 heterocycles. The minimum atomic E-state index is -0.326. The van der Waals surface area contributed by atoms with Crippen LogP contribution in [0.15, 0.2) is 30.0 Å². The van der Waals surface area contributed by atoms with E-state index in [1.54, 1.807) is 12.1 Å². The van der Waals surface area contributed by atoms with Crippen LogP contribution >= 0.6 is 0 Å². The Morgan fingerprint density at radius 1 is 1.83 bits per heavy atom. The van der Waals surface area contributed by atoms with Gasteiger partial charge in [-0.15, -0.1) is 6.58 Å². The normalized spacial score (nSPS) is 8.92. The van der Waals surface area contributed by atoms with Crippen molar-refractivity contribution in [3.63, 3.8) is 0 Å². The van der Waals surface area contributed by atoms with Crippen molar-refractivity contribution >= 4 is 0 Å². The SMILES string of the molecule is C=CCn1cncc(C#N)c1=O. The molecule has 0 unspecified atom stereocenters. The van der Waals surface area contributed by atoms with Gasteiger partial charge in [-0.2, -0.15) is 5.26 Å². The maximum absolute atomic E-state index is 11.2. The van der Waals surface area contributed by atoms with Crippen LogP contribution in [0.1, 0.15) is 5.56 Å². The molecule has 0 N–H and O–H groups in total. The molecular formula is C8H7N3O. The van der Waals surface area contributed by atoms with Gasteiger partial charge in [0.25, 0.3) is 5.56 Å². The number of nitrogens with zero attached hydrogens (tertiary/aromatic N) is 3. The molecule has 0 bridgehead atoms. The summed E-state index contributed by atoms with van der Waals surface area (Å²) < 4.78 is 1.32. The van der Waals surface area contributed by atoms with Crippen molar-refractivity contribution in [1.82, 2.24) is 9.55 Å². The van der Waals surface area contributed by atoms with E-state index in [2.05, 4.69) is 11.6 Å². The van der Waals surface area contributed by atoms with E-state index in [4.69, 9.17) is 5.26 Å². The monoisotopic (exact) mass is 161 g/mol. The highest BCUT2D eigenvalue weighted by Crippen LogP contribution is 1.85. The molecule has 4 heteroatoms. The van der Waals surface area contributed by atoms with Crippen LogP contribution in [0.2, 0.25) is 0 Å². The first-order valence-electron chi connectivity index (χ1n) is 3.35. The molecule has 60 valence electrons. The fraction of sp³-hybridized carbons (Fsp3) is 0.125. The lowest BCUT2D eigenvalue weighted by molar-refractivity contribution is 0.750. The van der Waals surface area contributed by atoms with Gasteiger partial charge in [0.15, 0.2) is 0 Å². The van der Waals surface area contributed by atoms with E-state index in [0.717, 1.165) is 0 Å². The third kappa shape index (κ3) is 1.40. The van der Waals surface area contributed by atoms with E-state index < -0.39 is 0 Å². The van der Waals surface area contributed by atoms with Gasteiger partial charge in [0.05, 0.1) is 12.5 Å². The predicted molar refractivity (Wildman–Crippen MR) is 43.4 cm³/mol. The Hall–Kier alpha value is -1.89. The summed E-state index contributed by atoms with van der Waals surface area (Å²) in [5.74, 6) is 0. The Kier molecular flexibility index (Phi) is 2.38. The number of rotatable bonds is 2. The summed E-state index contributed by atoms with van der Waals surface area (Å²) >= 11 is 0. The summed E-state index contributed by atoms with van der Waals surface area (Å²) in [6, 6.07) is 1.76. The van der Waals surface area contributed by atoms with Crippen LogP contribution in [-0.2, 0) is 6.54 Å². The molecule has 0 aliphatic rings. The van der Waals surface area contributed by atoms with Crippen molar-refractivity contribution in [2.75, 3.05) is 0 Å². The van der Waals surface area contributed by atoms with Gasteiger partial charge in [-0.05, 0) is 0 Å². The molecule has 12 heavy (non-hydrogen) atoms. The fourth-order valence-corrected chi connectivity index (χ4v) is 0.797. The zero-order valence-corrected chi connectivity index (χ0v) is 6.40. The van der Waals surface area contributed by atoms with E-state index in [-0.39, 0.29) is 11.1 Å². The molecule has 1 aromatic rings. The van der Waals surface area contributed by atoms with Gasteiger partial charge >= 0.3 is 0 Å². The zero-order chi connectivity index (χ0) is 8.97. The van der Waals surface area contributed by atoms with Gasteiger partial charge in [0.2, 0.25) is 0 Å². The molecule has 0 fully saturated rings. The topological polar surface area (TPSA) is 58.7 Å². The van der Waals surface area contributed by atoms with Crippen molar-refractivity contribution in [3.05, 3.63) is 41.1 Å². The molecule has 0 saturated heterocycles. The second-order valence-corrected chi connectivity index (χ2v) is 2.17. The Labute approximate surface area is 69.4 Å². The molecule has 0 aromatic carbocycles. The van der Waals surface area contributed by atoms with Gasteiger partial charge in [-0.3, -0.25) is 9.36 Å². The van der Waals surface area contributed by atoms with Crippen LogP contribution in [0, 0.1) is 11.3 Å². The number of nitriles is 1. The van der Waals surface area contributed by atoms with Crippen LogP contribution in [0.25, 0.3) is 0 Å². The first-order chi connectivity index (χ1) is 5.79. The Morgan fingerprint density at radius 3 is 3.17 bits per heavy atom. The van der Waals surface area contributed by atoms with Gasteiger partial charge in [-0.1, -0.05) is 6.08 Å². The van der Waals surface area contributed by atoms with Crippen LogP contribution in [0.4, 0.5) is 0 Å². The van der Waals surface area contributed by atoms with E-state index in [1.165, 1.54) is 17.1 Å². The molecule has 0 spiro atoms. The smallest absolute Gasteiger partial charge is 0.271 e. The standard InChI is InChI=1S/C8H7N3O/c1-2-3-11-6-10-5-7(4-9)8(11)12/h2,5-6H,1,3H2. The van der Waals surface area contributed by atoms with Crippen LogP contribution in [0.3, 0.4) is 0 Å². The van der Waals surface area contributed by atoms with Gasteiger partial charge < -0.3 is 0 Å². The maximum Gasteiger partial charge on any atom is 0.271 e. The second-order valence-electron chi connectivity index (χ2n) is 2.17. The first kappa shape index (κ1) is 8.21. The highest BCUT2D eigenvalue weighted by Gasteiger charge is 1.99. The summed E-state index contributed by atoms with van der Waals surface area (Å²) in [6.45, 7) is 3.86. The number of hydrogen-bond donors (Lipinski definition) is 0. The van der Waals surface area contributed by atoms with E-state index in [9.17, 15) is 4.79 Å². The quantitative estimate of drug-likeness (QED) is 0.586. The van der Waals surface area contributed by atoms with Crippen LogP contribution < -0.4 is 5.56 Å². The van der Waals surface area contributed by atoms with E-state index in [0.29, 0.717) is 6.54 Å². The average Bonchev–Trinajstić information content (AvgIpc) is 2.09. The van der Waals surface area contributed by atoms with Crippen molar-refractivity contribution in [3.8, 4) is 6.07 Å². The van der Waals surface area contributed by atoms with Crippen molar-refractivity contribution in [1.29, 1.82) is 5.26 Å². The van der Waals surface area contributed by atoms with Crippen molar-refractivity contribution in [2.24, 2.45) is 0 Å². The van der Waals surface area contributed by atoms with E-state index >= 15 is 0 Å². The summed E-state index contributed by atoms with van der Waals surface area (Å²) in [4.78, 5) is 15.0. The summed E-state index contributed by atoms with van der Waals surface area (Å²) in [7, 11) is 0. The second kappa shape index (κ2) is 3.49. The minimum Gasteiger partial charge on any atom is -0.294 e. The molecule has 0 radical (unpaired) electrons. The maximum atomic E-state index is 11.2. The molecule has 0 amide bonds. The number of hydrogen-bond acceptors (Lipinski definition) is 3. The summed E-state index contributed by atoms with van der Waals surface area (Å²) in [5, 5.41) is 8.48. The molecule has 1 aromatic heterocycles. The molecule has 0 atom stereocenters. The lowest BCUT2D eigenvalue weighted by Crippen LogP contribution is -2.21. The summed E-state index contributed by atoms with van der Waals surface area (Å²) in [6.07, 6.45) is 4.21. The fourth-order valence-electron chi connectivity index (χ4n) is 0.797. The largest absolute Gasteiger partial charge is 0.294 e. The molecule has 0 aliphatic heterocycles.